The van der Waals surface area contributed by atoms with Gasteiger partial charge in [-0.25, -0.2) is 0 Å². The van der Waals surface area contributed by atoms with Crippen LogP contribution in [-0.4, -0.2) is 4.57 Å². The minimum absolute atomic E-state index is 0.889. The number of hydrogen-bond donors (Lipinski definition) is 0. The Morgan fingerprint density at radius 1 is 0.302 bits per heavy atom. The number of para-hydroxylation sites is 3. The monoisotopic (exact) mass is 804 g/mol. The molecule has 0 saturated heterocycles. The van der Waals surface area contributed by atoms with E-state index < -0.39 is 0 Å². The van der Waals surface area contributed by atoms with Gasteiger partial charge in [0.05, 0.1) is 16.7 Å². The Balaban J connectivity index is 1.01. The molecule has 3 nitrogen and oxygen atoms in total. The molecule has 3 heteroatoms. The quantitative estimate of drug-likeness (QED) is 0.153. The summed E-state index contributed by atoms with van der Waals surface area (Å²) < 4.78 is 8.76. The number of nitrogens with zero attached hydrogens (tertiary/aromatic N) is 2. The molecule has 2 aromatic heterocycles. The Labute approximate surface area is 366 Å². The number of hydrogen-bond acceptors (Lipinski definition) is 2. The largest absolute Gasteiger partial charge is 0.456 e. The number of anilines is 3. The van der Waals surface area contributed by atoms with Gasteiger partial charge in [0.2, 0.25) is 0 Å². The van der Waals surface area contributed by atoms with Gasteiger partial charge in [-0.05, 0) is 106 Å². The highest BCUT2D eigenvalue weighted by atomic mass is 16.3. The minimum atomic E-state index is 0.889. The molecule has 2 heterocycles. The second-order valence-electron chi connectivity index (χ2n) is 16.1. The summed E-state index contributed by atoms with van der Waals surface area (Å²) >= 11 is 0. The standard InChI is InChI=1S/C60H40N2O/c1-3-15-41(16-4-1)43-29-34-47(35-30-43)61(49-20-13-19-46(39-49)51-24-14-28-59-60(51)54-23-9-12-27-58(54)63-59)48-36-31-44(32-37-48)50-38-33-45(42-17-5-2-6-18-42)40-57(50)62-55-25-10-7-21-52(55)53-22-8-11-26-56(53)62/h1-40H. The van der Waals surface area contributed by atoms with Gasteiger partial charge in [-0.3, -0.25) is 0 Å². The maximum atomic E-state index is 6.32. The summed E-state index contributed by atoms with van der Waals surface area (Å²) in [5.74, 6) is 0. The summed E-state index contributed by atoms with van der Waals surface area (Å²) in [7, 11) is 0. The molecular formula is C60H40N2O. The van der Waals surface area contributed by atoms with Crippen LogP contribution in [0.4, 0.5) is 17.1 Å². The molecule has 0 aliphatic rings. The first-order valence-corrected chi connectivity index (χ1v) is 21.5. The average Bonchev–Trinajstić information content (AvgIpc) is 3.91. The Morgan fingerprint density at radius 3 is 1.49 bits per heavy atom. The lowest BCUT2D eigenvalue weighted by Gasteiger charge is -2.27. The maximum Gasteiger partial charge on any atom is 0.136 e. The third kappa shape index (κ3) is 6.38. The fraction of sp³-hybridized carbons (Fsp3) is 0. The summed E-state index contributed by atoms with van der Waals surface area (Å²) in [4.78, 5) is 2.36. The van der Waals surface area contributed by atoms with Crippen molar-refractivity contribution in [3.05, 3.63) is 243 Å². The zero-order valence-corrected chi connectivity index (χ0v) is 34.4. The molecule has 63 heavy (non-hydrogen) atoms. The van der Waals surface area contributed by atoms with E-state index in [0.717, 1.165) is 66.9 Å². The van der Waals surface area contributed by atoms with E-state index >= 15 is 0 Å². The summed E-state index contributed by atoms with van der Waals surface area (Å²) in [6, 6.07) is 87.2. The summed E-state index contributed by atoms with van der Waals surface area (Å²) in [5, 5.41) is 4.74. The number of benzene rings is 10. The molecule has 0 fully saturated rings. The molecule has 12 rings (SSSR count). The molecule has 12 aromatic rings. The zero-order valence-electron chi connectivity index (χ0n) is 34.4. The molecule has 296 valence electrons. The molecule has 0 unspecified atom stereocenters. The lowest BCUT2D eigenvalue weighted by Crippen LogP contribution is -2.10. The van der Waals surface area contributed by atoms with Crippen molar-refractivity contribution in [2.75, 3.05) is 4.90 Å². The SMILES string of the molecule is c1ccc(-c2ccc(N(c3ccc(-c4ccc(-c5ccccc5)cc4-n4c5ccccc5c5ccccc54)cc3)c3cccc(-c4cccc5oc6ccccc6c45)c3)cc2)cc1. The van der Waals surface area contributed by atoms with Crippen LogP contribution < -0.4 is 4.90 Å². The predicted molar refractivity (Wildman–Crippen MR) is 264 cm³/mol. The van der Waals surface area contributed by atoms with Gasteiger partial charge in [0.25, 0.3) is 0 Å². The fourth-order valence-electron chi connectivity index (χ4n) is 9.45. The van der Waals surface area contributed by atoms with Crippen molar-refractivity contribution in [3.63, 3.8) is 0 Å². The highest BCUT2D eigenvalue weighted by Crippen LogP contribution is 2.43. The number of fused-ring (bicyclic) bond motifs is 6. The average molecular weight is 805 g/mol. The van der Waals surface area contributed by atoms with Crippen LogP contribution in [0.3, 0.4) is 0 Å². The molecule has 0 saturated carbocycles. The van der Waals surface area contributed by atoms with Gasteiger partial charge < -0.3 is 13.9 Å². The van der Waals surface area contributed by atoms with E-state index in [9.17, 15) is 0 Å². The van der Waals surface area contributed by atoms with E-state index in [1.54, 1.807) is 0 Å². The van der Waals surface area contributed by atoms with Crippen LogP contribution in [0.1, 0.15) is 0 Å². The number of aromatic nitrogens is 1. The van der Waals surface area contributed by atoms with Crippen molar-refractivity contribution in [1.82, 2.24) is 4.57 Å². The lowest BCUT2D eigenvalue weighted by atomic mass is 9.97. The second-order valence-corrected chi connectivity index (χ2v) is 16.1. The smallest absolute Gasteiger partial charge is 0.136 e. The maximum absolute atomic E-state index is 6.32. The van der Waals surface area contributed by atoms with Crippen LogP contribution in [0.5, 0.6) is 0 Å². The highest BCUT2D eigenvalue weighted by Gasteiger charge is 2.20. The third-order valence-corrected chi connectivity index (χ3v) is 12.4. The van der Waals surface area contributed by atoms with Crippen LogP contribution in [0.25, 0.3) is 93.9 Å². The third-order valence-electron chi connectivity index (χ3n) is 12.4. The van der Waals surface area contributed by atoms with E-state index in [2.05, 4.69) is 240 Å². The Kier molecular flexibility index (Phi) is 8.83. The van der Waals surface area contributed by atoms with Crippen molar-refractivity contribution in [2.45, 2.75) is 0 Å². The first-order chi connectivity index (χ1) is 31.2. The fourth-order valence-corrected chi connectivity index (χ4v) is 9.45. The highest BCUT2D eigenvalue weighted by molar-refractivity contribution is 6.13. The molecule has 0 spiro atoms. The van der Waals surface area contributed by atoms with E-state index in [-0.39, 0.29) is 0 Å². The van der Waals surface area contributed by atoms with Gasteiger partial charge in [0.1, 0.15) is 11.2 Å². The summed E-state index contributed by atoms with van der Waals surface area (Å²) in [5.41, 5.74) is 17.8. The molecule has 0 N–H and O–H groups in total. The van der Waals surface area contributed by atoms with Crippen LogP contribution in [0.2, 0.25) is 0 Å². The van der Waals surface area contributed by atoms with Gasteiger partial charge in [-0.2, -0.15) is 0 Å². The molecule has 0 radical (unpaired) electrons. The van der Waals surface area contributed by atoms with E-state index in [1.807, 2.05) is 12.1 Å². The van der Waals surface area contributed by atoms with Gasteiger partial charge >= 0.3 is 0 Å². The first-order valence-electron chi connectivity index (χ1n) is 21.5. The van der Waals surface area contributed by atoms with Crippen LogP contribution in [0, 0.1) is 0 Å². The molecule has 0 atom stereocenters. The summed E-state index contributed by atoms with van der Waals surface area (Å²) in [6.07, 6.45) is 0. The predicted octanol–water partition coefficient (Wildman–Crippen LogP) is 16.8. The van der Waals surface area contributed by atoms with E-state index in [0.29, 0.717) is 0 Å². The Hall–Kier alpha value is -8.40. The normalized spacial score (nSPS) is 11.5. The van der Waals surface area contributed by atoms with Crippen molar-refractivity contribution in [1.29, 1.82) is 0 Å². The van der Waals surface area contributed by atoms with Gasteiger partial charge in [0, 0.05) is 44.2 Å². The molecule has 0 aliphatic heterocycles. The van der Waals surface area contributed by atoms with Crippen molar-refractivity contribution in [3.8, 4) is 50.2 Å². The molecule has 0 bridgehead atoms. The molecule has 0 amide bonds. The number of rotatable bonds is 8. The number of furan rings is 1. The topological polar surface area (TPSA) is 21.3 Å². The lowest BCUT2D eigenvalue weighted by molar-refractivity contribution is 0.669. The molecule has 0 aliphatic carbocycles. The van der Waals surface area contributed by atoms with Crippen LogP contribution >= 0.6 is 0 Å². The van der Waals surface area contributed by atoms with Crippen molar-refractivity contribution < 1.29 is 4.42 Å². The zero-order chi connectivity index (χ0) is 41.7. The Morgan fingerprint density at radius 2 is 0.810 bits per heavy atom. The first kappa shape index (κ1) is 36.5. The van der Waals surface area contributed by atoms with Gasteiger partial charge in [-0.1, -0.05) is 176 Å². The Bertz CT molecular complexity index is 3550. The van der Waals surface area contributed by atoms with E-state index in [1.165, 1.54) is 44.1 Å². The van der Waals surface area contributed by atoms with Gasteiger partial charge in [0.15, 0.2) is 0 Å². The minimum Gasteiger partial charge on any atom is -0.456 e. The second kappa shape index (κ2) is 15.3. The molecular weight excluding hydrogens is 765 g/mol. The van der Waals surface area contributed by atoms with Crippen LogP contribution in [-0.2, 0) is 0 Å². The van der Waals surface area contributed by atoms with Crippen molar-refractivity contribution >= 4 is 60.8 Å². The van der Waals surface area contributed by atoms with Gasteiger partial charge in [-0.15, -0.1) is 0 Å². The van der Waals surface area contributed by atoms with E-state index in [4.69, 9.17) is 4.42 Å². The molecule has 10 aromatic carbocycles. The van der Waals surface area contributed by atoms with Crippen molar-refractivity contribution in [2.24, 2.45) is 0 Å². The van der Waals surface area contributed by atoms with Crippen LogP contribution in [0.15, 0.2) is 247 Å². The summed E-state index contributed by atoms with van der Waals surface area (Å²) in [6.45, 7) is 0.